The zero-order valence-electron chi connectivity index (χ0n) is 12.1. The van der Waals surface area contributed by atoms with Gasteiger partial charge in [-0.2, -0.15) is 5.10 Å². The summed E-state index contributed by atoms with van der Waals surface area (Å²) in [5.74, 6) is 0. The molecule has 3 N–H and O–H groups in total. The van der Waals surface area contributed by atoms with Crippen LogP contribution in [-0.4, -0.2) is 54.8 Å². The van der Waals surface area contributed by atoms with E-state index >= 15 is 0 Å². The van der Waals surface area contributed by atoms with Crippen molar-refractivity contribution >= 4 is 10.0 Å². The minimum Gasteiger partial charge on any atom is -0.330 e. The van der Waals surface area contributed by atoms with Gasteiger partial charge in [-0.05, 0) is 38.8 Å². The van der Waals surface area contributed by atoms with Crippen LogP contribution in [0.2, 0.25) is 0 Å². The Morgan fingerprint density at radius 3 is 3.05 bits per heavy atom. The number of sulfonamides is 1. The monoisotopic (exact) mass is 313 g/mol. The SMILES string of the molecule is NCCCn1cc(S(=O)(=O)NC2CCN3CCCC23)cn1. The van der Waals surface area contributed by atoms with Crippen molar-refractivity contribution in [3.63, 3.8) is 0 Å². The van der Waals surface area contributed by atoms with Crippen LogP contribution in [0, 0.1) is 0 Å². The van der Waals surface area contributed by atoms with E-state index < -0.39 is 10.0 Å². The smallest absolute Gasteiger partial charge is 0.243 e. The molecule has 7 nitrogen and oxygen atoms in total. The number of nitrogens with zero attached hydrogens (tertiary/aromatic N) is 3. The third kappa shape index (κ3) is 3.13. The van der Waals surface area contributed by atoms with E-state index in [0.29, 0.717) is 19.1 Å². The fraction of sp³-hybridized carbons (Fsp3) is 0.769. The summed E-state index contributed by atoms with van der Waals surface area (Å²) < 4.78 is 29.4. The number of nitrogens with one attached hydrogen (secondary N) is 1. The summed E-state index contributed by atoms with van der Waals surface area (Å²) in [5, 5.41) is 4.09. The van der Waals surface area contributed by atoms with Gasteiger partial charge in [0, 0.05) is 31.4 Å². The first-order chi connectivity index (χ1) is 10.1. The predicted molar refractivity (Wildman–Crippen MR) is 79.2 cm³/mol. The normalized spacial score (nSPS) is 26.3. The molecule has 0 radical (unpaired) electrons. The molecule has 2 unspecified atom stereocenters. The van der Waals surface area contributed by atoms with E-state index in [-0.39, 0.29) is 10.9 Å². The van der Waals surface area contributed by atoms with Crippen LogP contribution in [-0.2, 0) is 16.6 Å². The third-order valence-corrected chi connectivity index (χ3v) is 5.87. The average molecular weight is 313 g/mol. The van der Waals surface area contributed by atoms with Gasteiger partial charge in [0.15, 0.2) is 0 Å². The van der Waals surface area contributed by atoms with Crippen molar-refractivity contribution in [2.24, 2.45) is 5.73 Å². The van der Waals surface area contributed by atoms with Crippen molar-refractivity contribution in [2.45, 2.75) is 49.2 Å². The second kappa shape index (κ2) is 6.04. The molecule has 2 saturated heterocycles. The highest BCUT2D eigenvalue weighted by Gasteiger charge is 2.39. The second-order valence-corrected chi connectivity index (χ2v) is 7.56. The van der Waals surface area contributed by atoms with Crippen LogP contribution in [0.15, 0.2) is 17.3 Å². The van der Waals surface area contributed by atoms with Gasteiger partial charge in [-0.1, -0.05) is 0 Å². The van der Waals surface area contributed by atoms with Gasteiger partial charge in [0.2, 0.25) is 10.0 Å². The average Bonchev–Trinajstić information content (AvgIpc) is 3.14. The number of nitrogens with two attached hydrogens (primary N) is 1. The minimum atomic E-state index is -3.48. The summed E-state index contributed by atoms with van der Waals surface area (Å²) in [4.78, 5) is 2.63. The van der Waals surface area contributed by atoms with Crippen LogP contribution in [0.1, 0.15) is 25.7 Å². The molecule has 8 heteroatoms. The van der Waals surface area contributed by atoms with Crippen LogP contribution in [0.5, 0.6) is 0 Å². The molecule has 3 rings (SSSR count). The molecule has 0 aliphatic carbocycles. The number of hydrogen-bond acceptors (Lipinski definition) is 5. The lowest BCUT2D eigenvalue weighted by Gasteiger charge is -2.20. The molecule has 118 valence electrons. The Morgan fingerprint density at radius 2 is 2.24 bits per heavy atom. The molecule has 2 fully saturated rings. The van der Waals surface area contributed by atoms with E-state index in [2.05, 4.69) is 14.7 Å². The highest BCUT2D eigenvalue weighted by atomic mass is 32.2. The molecule has 1 aromatic rings. The number of aromatic nitrogens is 2. The van der Waals surface area contributed by atoms with Crippen molar-refractivity contribution in [3.05, 3.63) is 12.4 Å². The van der Waals surface area contributed by atoms with E-state index in [1.807, 2.05) is 0 Å². The molecule has 0 amide bonds. The fourth-order valence-corrected chi connectivity index (χ4v) is 4.60. The lowest BCUT2D eigenvalue weighted by Crippen LogP contribution is -2.42. The van der Waals surface area contributed by atoms with E-state index in [1.165, 1.54) is 12.6 Å². The standard InChI is InChI=1S/C13H23N5O2S/c14-5-2-7-18-10-11(9-15-18)21(19,20)16-12-4-8-17-6-1-3-13(12)17/h9-10,12-13,16H,1-8,14H2. The topological polar surface area (TPSA) is 93.2 Å². The maximum absolute atomic E-state index is 12.5. The van der Waals surface area contributed by atoms with Gasteiger partial charge in [-0.25, -0.2) is 13.1 Å². The van der Waals surface area contributed by atoms with E-state index in [1.54, 1.807) is 10.9 Å². The molecule has 2 atom stereocenters. The van der Waals surface area contributed by atoms with Gasteiger partial charge in [-0.15, -0.1) is 0 Å². The molecular formula is C13H23N5O2S. The van der Waals surface area contributed by atoms with Gasteiger partial charge >= 0.3 is 0 Å². The van der Waals surface area contributed by atoms with Gasteiger partial charge in [0.25, 0.3) is 0 Å². The Hall–Kier alpha value is -0.960. The van der Waals surface area contributed by atoms with E-state index in [0.717, 1.165) is 32.4 Å². The molecule has 1 aromatic heterocycles. The third-order valence-electron chi connectivity index (χ3n) is 4.42. The summed E-state index contributed by atoms with van der Waals surface area (Å²) in [6.07, 6.45) is 6.93. The largest absolute Gasteiger partial charge is 0.330 e. The summed E-state index contributed by atoms with van der Waals surface area (Å²) >= 11 is 0. The summed E-state index contributed by atoms with van der Waals surface area (Å²) in [7, 11) is -3.48. The van der Waals surface area contributed by atoms with Crippen molar-refractivity contribution in [3.8, 4) is 0 Å². The van der Waals surface area contributed by atoms with Gasteiger partial charge < -0.3 is 5.73 Å². The Bertz CT molecular complexity index is 585. The first-order valence-corrected chi connectivity index (χ1v) is 9.07. The Morgan fingerprint density at radius 1 is 1.38 bits per heavy atom. The lowest BCUT2D eigenvalue weighted by molar-refractivity contribution is 0.309. The molecule has 0 saturated carbocycles. The van der Waals surface area contributed by atoms with Crippen LogP contribution >= 0.6 is 0 Å². The first kappa shape index (κ1) is 15.0. The van der Waals surface area contributed by atoms with Gasteiger partial charge in [0.05, 0.1) is 6.20 Å². The second-order valence-electron chi connectivity index (χ2n) is 5.84. The molecule has 21 heavy (non-hydrogen) atoms. The Balaban J connectivity index is 1.67. The molecule has 0 bridgehead atoms. The zero-order chi connectivity index (χ0) is 14.9. The summed E-state index contributed by atoms with van der Waals surface area (Å²) in [6, 6.07) is 0.400. The van der Waals surface area contributed by atoms with Crippen molar-refractivity contribution in [2.75, 3.05) is 19.6 Å². The molecule has 3 heterocycles. The predicted octanol–water partition coefficient (Wildman–Crippen LogP) is -0.253. The summed E-state index contributed by atoms with van der Waals surface area (Å²) in [5.41, 5.74) is 5.45. The zero-order valence-corrected chi connectivity index (χ0v) is 12.9. The number of fused-ring (bicyclic) bond motifs is 1. The maximum atomic E-state index is 12.5. The van der Waals surface area contributed by atoms with Gasteiger partial charge in [0.1, 0.15) is 4.90 Å². The Labute approximate surface area is 125 Å². The summed E-state index contributed by atoms with van der Waals surface area (Å²) in [6.45, 7) is 3.30. The molecule has 2 aliphatic rings. The molecule has 0 aromatic carbocycles. The van der Waals surface area contributed by atoms with Crippen molar-refractivity contribution in [1.29, 1.82) is 0 Å². The molecular weight excluding hydrogens is 290 g/mol. The highest BCUT2D eigenvalue weighted by molar-refractivity contribution is 7.89. The van der Waals surface area contributed by atoms with Gasteiger partial charge in [-0.3, -0.25) is 9.58 Å². The lowest BCUT2D eigenvalue weighted by atomic mass is 10.1. The maximum Gasteiger partial charge on any atom is 0.243 e. The molecule has 2 aliphatic heterocycles. The Kier molecular flexibility index (Phi) is 4.30. The quantitative estimate of drug-likeness (QED) is 0.755. The number of hydrogen-bond donors (Lipinski definition) is 2. The van der Waals surface area contributed by atoms with E-state index in [9.17, 15) is 8.42 Å². The van der Waals surface area contributed by atoms with E-state index in [4.69, 9.17) is 5.73 Å². The minimum absolute atomic E-state index is 0.0323. The van der Waals surface area contributed by atoms with Crippen molar-refractivity contribution < 1.29 is 8.42 Å². The highest BCUT2D eigenvalue weighted by Crippen LogP contribution is 2.28. The van der Waals surface area contributed by atoms with Crippen LogP contribution in [0.3, 0.4) is 0 Å². The fourth-order valence-electron chi connectivity index (χ4n) is 3.35. The van der Waals surface area contributed by atoms with Crippen LogP contribution in [0.25, 0.3) is 0 Å². The first-order valence-electron chi connectivity index (χ1n) is 7.59. The van der Waals surface area contributed by atoms with Crippen LogP contribution < -0.4 is 10.5 Å². The number of rotatable bonds is 6. The molecule has 0 spiro atoms. The van der Waals surface area contributed by atoms with Crippen LogP contribution in [0.4, 0.5) is 0 Å². The number of aryl methyl sites for hydroxylation is 1. The van der Waals surface area contributed by atoms with Crippen molar-refractivity contribution in [1.82, 2.24) is 19.4 Å².